The predicted molar refractivity (Wildman–Crippen MR) is 74.3 cm³/mol. The Hall–Kier alpha value is -0.710. The molecule has 0 bridgehead atoms. The summed E-state index contributed by atoms with van der Waals surface area (Å²) < 4.78 is 40.0. The van der Waals surface area contributed by atoms with Crippen molar-refractivity contribution in [3.05, 3.63) is 28.2 Å². The molecule has 2 rings (SSSR count). The topological polar surface area (TPSA) is 12.0 Å². The predicted octanol–water partition coefficient (Wildman–Crippen LogP) is 5.29. The molecule has 0 heterocycles. The molecule has 2 atom stereocenters. The Morgan fingerprint density at radius 1 is 1.21 bits per heavy atom. The first kappa shape index (κ1) is 14.7. The van der Waals surface area contributed by atoms with E-state index in [9.17, 15) is 13.2 Å². The van der Waals surface area contributed by atoms with Crippen molar-refractivity contribution in [1.29, 1.82) is 0 Å². The van der Waals surface area contributed by atoms with Crippen molar-refractivity contribution in [1.82, 2.24) is 0 Å². The molecule has 0 aromatic heterocycles. The van der Waals surface area contributed by atoms with Crippen LogP contribution >= 0.6 is 15.9 Å². The van der Waals surface area contributed by atoms with E-state index in [1.807, 2.05) is 25.1 Å². The number of alkyl halides is 3. The monoisotopic (exact) mass is 335 g/mol. The molecule has 1 saturated carbocycles. The van der Waals surface area contributed by atoms with Crippen LogP contribution in [-0.4, -0.2) is 12.2 Å². The fourth-order valence-corrected chi connectivity index (χ4v) is 3.16. The zero-order valence-corrected chi connectivity index (χ0v) is 12.3. The van der Waals surface area contributed by atoms with Gasteiger partial charge < -0.3 is 5.32 Å². The van der Waals surface area contributed by atoms with E-state index in [2.05, 4.69) is 21.2 Å². The Balaban J connectivity index is 2.15. The summed E-state index contributed by atoms with van der Waals surface area (Å²) in [5.41, 5.74) is 1.75. The molecule has 1 aromatic carbocycles. The van der Waals surface area contributed by atoms with Crippen LogP contribution < -0.4 is 5.32 Å². The summed E-state index contributed by atoms with van der Waals surface area (Å²) in [5.74, 6) is -1.23. The first-order valence-corrected chi connectivity index (χ1v) is 7.26. The van der Waals surface area contributed by atoms with Gasteiger partial charge in [-0.15, -0.1) is 0 Å². The molecule has 1 nitrogen and oxygen atoms in total. The average Bonchev–Trinajstić information content (AvgIpc) is 2.32. The molecule has 1 aliphatic rings. The lowest BCUT2D eigenvalue weighted by Crippen LogP contribution is -2.41. The quantitative estimate of drug-likeness (QED) is 0.774. The normalized spacial score (nSPS) is 24.3. The lowest BCUT2D eigenvalue weighted by atomic mass is 9.83. The lowest BCUT2D eigenvalue weighted by molar-refractivity contribution is -0.184. The fourth-order valence-electron chi connectivity index (χ4n) is 2.68. The Bertz CT molecular complexity index is 445. The molecular formula is C14H17BrF3N. The van der Waals surface area contributed by atoms with E-state index in [1.165, 1.54) is 0 Å². The van der Waals surface area contributed by atoms with Crippen LogP contribution in [0, 0.1) is 12.8 Å². The third-order valence-electron chi connectivity index (χ3n) is 3.72. The number of nitrogens with one attached hydrogen (secondary N) is 1. The molecule has 0 amide bonds. The van der Waals surface area contributed by atoms with Gasteiger partial charge >= 0.3 is 6.18 Å². The third-order valence-corrected chi connectivity index (χ3v) is 4.21. The Kier molecular flexibility index (Phi) is 4.43. The first-order chi connectivity index (χ1) is 8.88. The minimum atomic E-state index is -4.11. The van der Waals surface area contributed by atoms with Gasteiger partial charge in [0.05, 0.1) is 5.92 Å². The molecule has 19 heavy (non-hydrogen) atoms. The van der Waals surface area contributed by atoms with Gasteiger partial charge in [0.15, 0.2) is 0 Å². The second-order valence-electron chi connectivity index (χ2n) is 5.14. The van der Waals surface area contributed by atoms with Crippen molar-refractivity contribution in [2.75, 3.05) is 5.32 Å². The highest BCUT2D eigenvalue weighted by Crippen LogP contribution is 2.39. The number of hydrogen-bond donors (Lipinski definition) is 1. The van der Waals surface area contributed by atoms with E-state index in [1.54, 1.807) is 0 Å². The van der Waals surface area contributed by atoms with Crippen LogP contribution in [0.15, 0.2) is 22.7 Å². The molecule has 0 radical (unpaired) electrons. The largest absolute Gasteiger partial charge is 0.393 e. The molecule has 2 unspecified atom stereocenters. The standard InChI is InChI=1S/C14H17BrF3N/c1-9-8-10(15)6-7-12(9)19-13-5-3-2-4-11(13)14(16,17)18/h6-8,11,13,19H,2-5H2,1H3. The van der Waals surface area contributed by atoms with Gasteiger partial charge in [0.2, 0.25) is 0 Å². The second-order valence-corrected chi connectivity index (χ2v) is 6.06. The Labute approximate surface area is 119 Å². The first-order valence-electron chi connectivity index (χ1n) is 6.47. The van der Waals surface area contributed by atoms with Crippen LogP contribution in [0.2, 0.25) is 0 Å². The molecule has 1 N–H and O–H groups in total. The summed E-state index contributed by atoms with van der Waals surface area (Å²) in [6.45, 7) is 1.90. The maximum atomic E-state index is 13.0. The highest BCUT2D eigenvalue weighted by Gasteiger charge is 2.45. The van der Waals surface area contributed by atoms with Gasteiger partial charge in [-0.25, -0.2) is 0 Å². The van der Waals surface area contributed by atoms with Crippen LogP contribution in [0.1, 0.15) is 31.2 Å². The molecule has 1 fully saturated rings. The third kappa shape index (κ3) is 3.65. The Morgan fingerprint density at radius 3 is 2.53 bits per heavy atom. The minimum absolute atomic E-state index is 0.233. The minimum Gasteiger partial charge on any atom is -0.381 e. The highest BCUT2D eigenvalue weighted by molar-refractivity contribution is 9.10. The smallest absolute Gasteiger partial charge is 0.381 e. The summed E-state index contributed by atoms with van der Waals surface area (Å²) in [7, 11) is 0. The van der Waals surface area contributed by atoms with E-state index in [4.69, 9.17) is 0 Å². The number of rotatable bonds is 2. The van der Waals surface area contributed by atoms with Crippen molar-refractivity contribution in [3.8, 4) is 0 Å². The summed E-state index contributed by atoms with van der Waals surface area (Å²) in [4.78, 5) is 0. The average molecular weight is 336 g/mol. The van der Waals surface area contributed by atoms with E-state index < -0.39 is 18.1 Å². The van der Waals surface area contributed by atoms with Crippen molar-refractivity contribution >= 4 is 21.6 Å². The van der Waals surface area contributed by atoms with Gasteiger partial charge in [0.1, 0.15) is 0 Å². The number of aryl methyl sites for hydroxylation is 1. The molecule has 106 valence electrons. The van der Waals surface area contributed by atoms with Crippen molar-refractivity contribution in [3.63, 3.8) is 0 Å². The molecule has 1 aromatic rings. The second kappa shape index (κ2) is 5.73. The van der Waals surface area contributed by atoms with Gasteiger partial charge in [0, 0.05) is 16.2 Å². The summed E-state index contributed by atoms with van der Waals surface area (Å²) in [5, 5.41) is 3.09. The Morgan fingerprint density at radius 2 is 1.89 bits per heavy atom. The van der Waals surface area contributed by atoms with Gasteiger partial charge in [-0.2, -0.15) is 13.2 Å². The van der Waals surface area contributed by atoms with E-state index in [0.29, 0.717) is 12.8 Å². The van der Waals surface area contributed by atoms with E-state index >= 15 is 0 Å². The molecule has 0 spiro atoms. The lowest BCUT2D eigenvalue weighted by Gasteiger charge is -2.34. The number of benzene rings is 1. The summed E-state index contributed by atoms with van der Waals surface area (Å²) in [6, 6.07) is 5.09. The summed E-state index contributed by atoms with van der Waals surface area (Å²) >= 11 is 3.36. The van der Waals surface area contributed by atoms with Crippen LogP contribution in [0.4, 0.5) is 18.9 Å². The highest BCUT2D eigenvalue weighted by atomic mass is 79.9. The van der Waals surface area contributed by atoms with E-state index in [-0.39, 0.29) is 6.42 Å². The number of anilines is 1. The van der Waals surface area contributed by atoms with Crippen molar-refractivity contribution in [2.24, 2.45) is 5.92 Å². The SMILES string of the molecule is Cc1cc(Br)ccc1NC1CCCCC1C(F)(F)F. The van der Waals surface area contributed by atoms with Gasteiger partial charge in [-0.3, -0.25) is 0 Å². The molecule has 5 heteroatoms. The van der Waals surface area contributed by atoms with E-state index in [0.717, 1.165) is 22.1 Å². The fraction of sp³-hybridized carbons (Fsp3) is 0.571. The van der Waals surface area contributed by atoms with Crippen molar-refractivity contribution in [2.45, 2.75) is 44.8 Å². The van der Waals surface area contributed by atoms with Gasteiger partial charge in [-0.1, -0.05) is 28.8 Å². The van der Waals surface area contributed by atoms with Crippen LogP contribution in [-0.2, 0) is 0 Å². The number of hydrogen-bond acceptors (Lipinski definition) is 1. The zero-order chi connectivity index (χ0) is 14.0. The maximum Gasteiger partial charge on any atom is 0.393 e. The van der Waals surface area contributed by atoms with Crippen LogP contribution in [0.25, 0.3) is 0 Å². The van der Waals surface area contributed by atoms with Crippen LogP contribution in [0.3, 0.4) is 0 Å². The molecular weight excluding hydrogens is 319 g/mol. The van der Waals surface area contributed by atoms with Gasteiger partial charge in [0.25, 0.3) is 0 Å². The number of halogens is 4. The van der Waals surface area contributed by atoms with Crippen molar-refractivity contribution < 1.29 is 13.2 Å². The molecule has 0 aliphatic heterocycles. The van der Waals surface area contributed by atoms with Crippen LogP contribution in [0.5, 0.6) is 0 Å². The zero-order valence-electron chi connectivity index (χ0n) is 10.7. The summed E-state index contributed by atoms with van der Waals surface area (Å²) in [6.07, 6.45) is -1.76. The maximum absolute atomic E-state index is 13.0. The van der Waals surface area contributed by atoms with Gasteiger partial charge in [-0.05, 0) is 43.5 Å². The molecule has 0 saturated heterocycles. The molecule has 1 aliphatic carbocycles.